The smallest absolute Gasteiger partial charge is 0.305 e. The van der Waals surface area contributed by atoms with Crippen molar-refractivity contribution < 1.29 is 38.3 Å². The van der Waals surface area contributed by atoms with Gasteiger partial charge in [0.25, 0.3) is 12.0 Å². The van der Waals surface area contributed by atoms with E-state index < -0.39 is 58.0 Å². The number of amides is 2. The minimum Gasteiger partial charge on any atom is -0.422 e. The Morgan fingerprint density at radius 3 is 2.32 bits per heavy atom. The van der Waals surface area contributed by atoms with E-state index in [1.165, 1.54) is 24.3 Å². The minimum absolute atomic E-state index is 0.0354. The molecule has 2 bridgehead atoms. The molecular weight excluding hydrogens is 412 g/mol. The number of non-ortho nitro benzene ring substituents is 1. The summed E-state index contributed by atoms with van der Waals surface area (Å²) in [5.41, 5.74) is -3.19. The molecule has 0 aliphatic carbocycles. The molecule has 162 valence electrons. The molecule has 0 saturated carbocycles. The molecule has 0 aromatic heterocycles. The maximum Gasteiger partial charge on any atom is 0.305 e. The molecule has 4 rings (SSSR count). The van der Waals surface area contributed by atoms with Gasteiger partial charge in [0.05, 0.1) is 28.0 Å². The van der Waals surface area contributed by atoms with Gasteiger partial charge in [-0.3, -0.25) is 29.3 Å². The summed E-state index contributed by atoms with van der Waals surface area (Å²) in [5.74, 6) is -5.04. The summed E-state index contributed by atoms with van der Waals surface area (Å²) in [7, 11) is 0. The van der Waals surface area contributed by atoms with Crippen LogP contribution in [0.3, 0.4) is 0 Å². The second-order valence-corrected chi connectivity index (χ2v) is 7.77. The Labute approximate surface area is 175 Å². The number of nitro benzene ring substituents is 1. The number of esters is 2. The van der Waals surface area contributed by atoms with Crippen molar-refractivity contribution in [1.29, 1.82) is 0 Å². The number of carbonyl (C=O) groups is 4. The molecule has 11 nitrogen and oxygen atoms in total. The lowest BCUT2D eigenvalue weighted by Crippen LogP contribution is -2.52. The van der Waals surface area contributed by atoms with Gasteiger partial charge in [0.15, 0.2) is 5.60 Å². The predicted octanol–water partition coefficient (Wildman–Crippen LogP) is 1.25. The predicted molar refractivity (Wildman–Crippen MR) is 101 cm³/mol. The van der Waals surface area contributed by atoms with Crippen LogP contribution in [0.25, 0.3) is 0 Å². The third-order valence-electron chi connectivity index (χ3n) is 5.69. The number of nitro groups is 1. The van der Waals surface area contributed by atoms with E-state index in [-0.39, 0.29) is 11.4 Å². The minimum atomic E-state index is -1.71. The van der Waals surface area contributed by atoms with Crippen LogP contribution in [0.5, 0.6) is 0 Å². The zero-order valence-corrected chi connectivity index (χ0v) is 16.8. The molecule has 0 N–H and O–H groups in total. The Hall–Kier alpha value is -3.60. The Kier molecular flexibility index (Phi) is 4.47. The van der Waals surface area contributed by atoms with E-state index in [1.807, 2.05) is 0 Å². The quantitative estimate of drug-likeness (QED) is 0.168. The van der Waals surface area contributed by atoms with Crippen molar-refractivity contribution in [2.75, 3.05) is 4.90 Å². The molecule has 1 aromatic rings. The second-order valence-electron chi connectivity index (χ2n) is 7.77. The monoisotopic (exact) mass is 430 g/mol. The van der Waals surface area contributed by atoms with Crippen molar-refractivity contribution in [3.63, 3.8) is 0 Å². The topological polar surface area (TPSA) is 142 Å². The van der Waals surface area contributed by atoms with Crippen LogP contribution >= 0.6 is 0 Å². The van der Waals surface area contributed by atoms with Gasteiger partial charge < -0.3 is 14.2 Å². The molecule has 3 aliphatic heterocycles. The summed E-state index contributed by atoms with van der Waals surface area (Å²) in [6.45, 7) is 3.81. The molecule has 1 aromatic carbocycles. The summed E-state index contributed by atoms with van der Waals surface area (Å²) in [6.07, 6.45) is 1.43. The number of fused-ring (bicyclic) bond motifs is 5. The van der Waals surface area contributed by atoms with E-state index in [0.717, 1.165) is 24.8 Å². The molecule has 4 atom stereocenters. The lowest BCUT2D eigenvalue weighted by molar-refractivity contribution is -0.384. The zero-order valence-electron chi connectivity index (χ0n) is 16.8. The van der Waals surface area contributed by atoms with Gasteiger partial charge in [-0.05, 0) is 19.1 Å². The zero-order chi connectivity index (χ0) is 22.7. The standard InChI is InChI=1S/C20H18N2O9/c1-10(23)29-18(30-11(2)24)20-8-7-19(3,31-20)14-15(20)17(26)21(16(14)25)12-5-4-6-13(9-12)22(27)28/h4-9,14-15,18H,1-3H3/t14-,15+,19+,20+/m0/s1. The van der Waals surface area contributed by atoms with E-state index in [9.17, 15) is 29.3 Å². The van der Waals surface area contributed by atoms with Gasteiger partial charge in [-0.25, -0.2) is 4.90 Å². The van der Waals surface area contributed by atoms with E-state index in [2.05, 4.69) is 0 Å². The van der Waals surface area contributed by atoms with Crippen LogP contribution in [0.1, 0.15) is 20.8 Å². The number of imide groups is 1. The fourth-order valence-electron chi connectivity index (χ4n) is 4.56. The number of carbonyl (C=O) groups excluding carboxylic acids is 4. The molecule has 11 heteroatoms. The number of rotatable bonds is 5. The fourth-order valence-corrected chi connectivity index (χ4v) is 4.56. The summed E-state index contributed by atoms with van der Waals surface area (Å²) >= 11 is 0. The Morgan fingerprint density at radius 1 is 1.13 bits per heavy atom. The van der Waals surface area contributed by atoms with Gasteiger partial charge in [-0.2, -0.15) is 0 Å². The number of anilines is 1. The lowest BCUT2D eigenvalue weighted by Gasteiger charge is -2.34. The van der Waals surface area contributed by atoms with Gasteiger partial charge in [0, 0.05) is 26.0 Å². The molecule has 31 heavy (non-hydrogen) atoms. The average molecular weight is 430 g/mol. The Bertz CT molecular complexity index is 1050. The van der Waals surface area contributed by atoms with E-state index in [0.29, 0.717) is 0 Å². The van der Waals surface area contributed by atoms with Gasteiger partial charge in [-0.15, -0.1) is 0 Å². The van der Waals surface area contributed by atoms with Gasteiger partial charge >= 0.3 is 11.9 Å². The van der Waals surface area contributed by atoms with Crippen molar-refractivity contribution in [3.05, 3.63) is 46.5 Å². The fraction of sp³-hybridized carbons (Fsp3) is 0.400. The largest absolute Gasteiger partial charge is 0.422 e. The Balaban J connectivity index is 1.79. The van der Waals surface area contributed by atoms with Crippen LogP contribution in [0.2, 0.25) is 0 Å². The average Bonchev–Trinajstić information content (AvgIpc) is 3.26. The summed E-state index contributed by atoms with van der Waals surface area (Å²) < 4.78 is 16.4. The van der Waals surface area contributed by atoms with Gasteiger partial charge in [-0.1, -0.05) is 12.1 Å². The molecule has 3 heterocycles. The first-order valence-electron chi connectivity index (χ1n) is 9.37. The summed E-state index contributed by atoms with van der Waals surface area (Å²) in [6, 6.07) is 5.13. The second kappa shape index (κ2) is 6.71. The van der Waals surface area contributed by atoms with Crippen LogP contribution in [0, 0.1) is 22.0 Å². The summed E-state index contributed by atoms with van der Waals surface area (Å²) in [5, 5.41) is 11.1. The lowest BCUT2D eigenvalue weighted by atomic mass is 9.72. The number of hydrogen-bond donors (Lipinski definition) is 0. The third kappa shape index (κ3) is 2.92. The first-order valence-corrected chi connectivity index (χ1v) is 9.37. The molecule has 0 radical (unpaired) electrons. The SMILES string of the molecule is CC(=O)OC(OC(C)=O)[C@]12C=C[C@@](C)(O1)[C@@H]1C(=O)N(c3cccc([N+](=O)[O-])c3)C(=O)[C@@H]12. The molecule has 2 fully saturated rings. The van der Waals surface area contributed by atoms with Gasteiger partial charge in [0.1, 0.15) is 0 Å². The van der Waals surface area contributed by atoms with Crippen LogP contribution in [0.4, 0.5) is 11.4 Å². The van der Waals surface area contributed by atoms with Crippen molar-refractivity contribution >= 4 is 35.1 Å². The number of hydrogen-bond acceptors (Lipinski definition) is 9. The Morgan fingerprint density at radius 2 is 1.74 bits per heavy atom. The highest BCUT2D eigenvalue weighted by Gasteiger charge is 2.76. The number of benzene rings is 1. The van der Waals surface area contributed by atoms with E-state index >= 15 is 0 Å². The normalized spacial score (nSPS) is 30.6. The number of nitrogens with zero attached hydrogens (tertiary/aromatic N) is 2. The highest BCUT2D eigenvalue weighted by molar-refractivity contribution is 6.23. The maximum absolute atomic E-state index is 13.4. The van der Waals surface area contributed by atoms with Gasteiger partial charge in [0.2, 0.25) is 11.8 Å². The summed E-state index contributed by atoms with van der Waals surface area (Å²) in [4.78, 5) is 61.4. The van der Waals surface area contributed by atoms with Crippen molar-refractivity contribution in [2.24, 2.45) is 11.8 Å². The van der Waals surface area contributed by atoms with Crippen LogP contribution in [-0.4, -0.2) is 46.2 Å². The first-order chi connectivity index (χ1) is 14.5. The van der Waals surface area contributed by atoms with Crippen LogP contribution in [-0.2, 0) is 33.4 Å². The maximum atomic E-state index is 13.4. The first kappa shape index (κ1) is 20.7. The molecule has 0 unspecified atom stereocenters. The molecule has 2 amide bonds. The van der Waals surface area contributed by atoms with Crippen LogP contribution < -0.4 is 4.90 Å². The molecule has 3 aliphatic rings. The van der Waals surface area contributed by atoms with E-state index in [4.69, 9.17) is 14.2 Å². The highest BCUT2D eigenvalue weighted by Crippen LogP contribution is 2.59. The van der Waals surface area contributed by atoms with Crippen LogP contribution in [0.15, 0.2) is 36.4 Å². The molecular formula is C20H18N2O9. The molecule has 0 spiro atoms. The third-order valence-corrected chi connectivity index (χ3v) is 5.69. The molecule has 2 saturated heterocycles. The highest BCUT2D eigenvalue weighted by atomic mass is 16.7. The number of ether oxygens (including phenoxy) is 3. The van der Waals surface area contributed by atoms with E-state index in [1.54, 1.807) is 13.0 Å². The van der Waals surface area contributed by atoms with Crippen molar-refractivity contribution in [3.8, 4) is 0 Å². The van der Waals surface area contributed by atoms with Crippen molar-refractivity contribution in [1.82, 2.24) is 0 Å². The van der Waals surface area contributed by atoms with Crippen molar-refractivity contribution in [2.45, 2.75) is 38.3 Å².